The van der Waals surface area contributed by atoms with Gasteiger partial charge in [0, 0.05) is 5.54 Å². The van der Waals surface area contributed by atoms with E-state index in [0.29, 0.717) is 5.92 Å². The Bertz CT molecular complexity index is 796. The summed E-state index contributed by atoms with van der Waals surface area (Å²) in [5.74, 6) is 0.612. The molecule has 1 aromatic heterocycles. The molecule has 24 heavy (non-hydrogen) atoms. The predicted octanol–water partition coefficient (Wildman–Crippen LogP) is 4.51. The van der Waals surface area contributed by atoms with Gasteiger partial charge >= 0.3 is 0 Å². The molecule has 2 aromatic rings. The van der Waals surface area contributed by atoms with Crippen molar-refractivity contribution in [1.82, 2.24) is 10.6 Å². The minimum Gasteiger partial charge on any atom is -0.346 e. The molecule has 128 valence electrons. The van der Waals surface area contributed by atoms with Crippen molar-refractivity contribution in [3.05, 3.63) is 33.7 Å². The van der Waals surface area contributed by atoms with Crippen LogP contribution >= 0.6 is 22.9 Å². The van der Waals surface area contributed by atoms with Crippen molar-refractivity contribution < 1.29 is 4.79 Å². The minimum absolute atomic E-state index is 0.0448. The van der Waals surface area contributed by atoms with Crippen molar-refractivity contribution in [2.75, 3.05) is 6.54 Å². The van der Waals surface area contributed by atoms with Crippen LogP contribution in [0.1, 0.15) is 47.8 Å². The number of amides is 1. The molecule has 1 aromatic carbocycles. The second kappa shape index (κ2) is 6.01. The van der Waals surface area contributed by atoms with E-state index in [-0.39, 0.29) is 17.5 Å². The first-order chi connectivity index (χ1) is 11.5. The molecule has 4 rings (SSSR count). The smallest absolute Gasteiger partial charge is 0.261 e. The van der Waals surface area contributed by atoms with Gasteiger partial charge in [0.15, 0.2) is 0 Å². The summed E-state index contributed by atoms with van der Waals surface area (Å²) in [7, 11) is 0. The zero-order valence-electron chi connectivity index (χ0n) is 14.1. The average molecular weight is 363 g/mol. The molecule has 1 saturated heterocycles. The fourth-order valence-corrected chi connectivity index (χ4v) is 5.38. The van der Waals surface area contributed by atoms with Crippen LogP contribution in [0.3, 0.4) is 0 Å². The highest BCUT2D eigenvalue weighted by atomic mass is 35.5. The van der Waals surface area contributed by atoms with Crippen LogP contribution in [0.15, 0.2) is 18.2 Å². The van der Waals surface area contributed by atoms with E-state index in [1.54, 1.807) is 0 Å². The maximum absolute atomic E-state index is 12.9. The van der Waals surface area contributed by atoms with Crippen LogP contribution in [0.4, 0.5) is 0 Å². The number of thiophene rings is 1. The Morgan fingerprint density at radius 3 is 2.96 bits per heavy atom. The molecule has 2 aliphatic rings. The molecule has 2 heterocycles. The van der Waals surface area contributed by atoms with E-state index in [2.05, 4.69) is 17.6 Å². The van der Waals surface area contributed by atoms with E-state index in [1.165, 1.54) is 24.2 Å². The Labute approximate surface area is 151 Å². The Morgan fingerprint density at radius 2 is 2.25 bits per heavy atom. The summed E-state index contributed by atoms with van der Waals surface area (Å²) >= 11 is 7.91. The number of nitrogens with one attached hydrogen (secondary N) is 2. The molecule has 1 aliphatic heterocycles. The van der Waals surface area contributed by atoms with Crippen molar-refractivity contribution in [2.24, 2.45) is 5.92 Å². The molecule has 3 nitrogen and oxygen atoms in total. The second-order valence-electron chi connectivity index (χ2n) is 7.22. The van der Waals surface area contributed by atoms with E-state index in [0.717, 1.165) is 44.9 Å². The molecular weight excluding hydrogens is 340 g/mol. The first-order valence-electron chi connectivity index (χ1n) is 8.78. The minimum atomic E-state index is 0.0448. The number of aryl methyl sites for hydroxylation is 1. The molecule has 1 aliphatic carbocycles. The third-order valence-corrected chi connectivity index (χ3v) is 7.47. The van der Waals surface area contributed by atoms with Gasteiger partial charge in [-0.1, -0.05) is 37.1 Å². The summed E-state index contributed by atoms with van der Waals surface area (Å²) in [6, 6.07) is 6.27. The molecule has 0 bridgehead atoms. The molecule has 2 atom stereocenters. The number of hydrogen-bond donors (Lipinski definition) is 2. The molecule has 2 fully saturated rings. The fraction of sp³-hybridized carbons (Fsp3) is 0.526. The van der Waals surface area contributed by atoms with Crippen LogP contribution in [-0.2, 0) is 0 Å². The molecule has 1 spiro atoms. The van der Waals surface area contributed by atoms with Gasteiger partial charge in [0.2, 0.25) is 0 Å². The highest BCUT2D eigenvalue weighted by Crippen LogP contribution is 2.45. The maximum Gasteiger partial charge on any atom is 0.261 e. The second-order valence-corrected chi connectivity index (χ2v) is 8.65. The zero-order valence-corrected chi connectivity index (χ0v) is 15.7. The van der Waals surface area contributed by atoms with Gasteiger partial charge in [0.25, 0.3) is 5.91 Å². The van der Waals surface area contributed by atoms with Crippen molar-refractivity contribution >= 4 is 38.9 Å². The fourth-order valence-electron chi connectivity index (χ4n) is 4.04. The van der Waals surface area contributed by atoms with Gasteiger partial charge in [-0.25, -0.2) is 0 Å². The van der Waals surface area contributed by atoms with Crippen molar-refractivity contribution in [2.45, 2.75) is 51.1 Å². The first-order valence-corrected chi connectivity index (χ1v) is 9.98. The zero-order chi connectivity index (χ0) is 16.9. The van der Waals surface area contributed by atoms with Crippen LogP contribution in [0, 0.1) is 12.8 Å². The molecular formula is C19H23ClN2OS. The Morgan fingerprint density at radius 1 is 1.46 bits per heavy atom. The Kier molecular flexibility index (Phi) is 4.10. The van der Waals surface area contributed by atoms with E-state index in [4.69, 9.17) is 11.6 Å². The number of rotatable bonds is 3. The van der Waals surface area contributed by atoms with Crippen LogP contribution < -0.4 is 10.6 Å². The lowest BCUT2D eigenvalue weighted by Crippen LogP contribution is -2.59. The molecule has 1 saturated carbocycles. The normalized spacial score (nSPS) is 25.1. The Hall–Kier alpha value is -1.10. The molecule has 2 N–H and O–H groups in total. The quantitative estimate of drug-likeness (QED) is 0.843. The van der Waals surface area contributed by atoms with Gasteiger partial charge in [0.1, 0.15) is 0 Å². The topological polar surface area (TPSA) is 41.1 Å². The highest BCUT2D eigenvalue weighted by Gasteiger charge is 2.53. The number of fused-ring (bicyclic) bond motifs is 1. The van der Waals surface area contributed by atoms with Gasteiger partial charge in [-0.3, -0.25) is 4.79 Å². The summed E-state index contributed by atoms with van der Waals surface area (Å²) in [5, 5.41) is 8.82. The summed E-state index contributed by atoms with van der Waals surface area (Å²) in [6.45, 7) is 5.30. The standard InChI is InChI=1S/C19H23ClN2OS/c1-3-12-6-9-21-19(7-8-19)17(12)22-18(23)14-10-13-5-4-11(2)15(20)16(13)24-14/h4-5,10,12,17,21H,3,6-9H2,1-2H3,(H,22,23). The van der Waals surface area contributed by atoms with Crippen LogP contribution in [0.5, 0.6) is 0 Å². The summed E-state index contributed by atoms with van der Waals surface area (Å²) in [5.41, 5.74) is 1.21. The van der Waals surface area contributed by atoms with E-state index < -0.39 is 0 Å². The largest absolute Gasteiger partial charge is 0.346 e. The number of piperidine rings is 1. The van der Waals surface area contributed by atoms with Crippen LogP contribution in [-0.4, -0.2) is 24.0 Å². The monoisotopic (exact) mass is 362 g/mol. The first kappa shape index (κ1) is 16.4. The van der Waals surface area contributed by atoms with E-state index >= 15 is 0 Å². The predicted molar refractivity (Wildman–Crippen MR) is 101 cm³/mol. The van der Waals surface area contributed by atoms with Gasteiger partial charge < -0.3 is 10.6 Å². The van der Waals surface area contributed by atoms with E-state index in [1.807, 2.05) is 25.1 Å². The van der Waals surface area contributed by atoms with Gasteiger partial charge in [0.05, 0.1) is 20.6 Å². The third kappa shape index (κ3) is 2.65. The van der Waals surface area contributed by atoms with Crippen molar-refractivity contribution in [3.8, 4) is 0 Å². The number of hydrogen-bond acceptors (Lipinski definition) is 3. The Balaban J connectivity index is 1.60. The summed E-state index contributed by atoms with van der Waals surface area (Å²) in [6.07, 6.45) is 4.60. The number of carbonyl (C=O) groups excluding carboxylic acids is 1. The van der Waals surface area contributed by atoms with E-state index in [9.17, 15) is 4.79 Å². The lowest BCUT2D eigenvalue weighted by Gasteiger charge is -2.39. The third-order valence-electron chi connectivity index (χ3n) is 5.70. The van der Waals surface area contributed by atoms with Crippen LogP contribution in [0.25, 0.3) is 10.1 Å². The summed E-state index contributed by atoms with van der Waals surface area (Å²) < 4.78 is 1.01. The maximum atomic E-state index is 12.9. The summed E-state index contributed by atoms with van der Waals surface area (Å²) in [4.78, 5) is 13.6. The van der Waals surface area contributed by atoms with Crippen LogP contribution in [0.2, 0.25) is 5.02 Å². The van der Waals surface area contributed by atoms with Gasteiger partial charge in [-0.15, -0.1) is 11.3 Å². The van der Waals surface area contributed by atoms with Crippen molar-refractivity contribution in [3.63, 3.8) is 0 Å². The lowest BCUT2D eigenvalue weighted by atomic mass is 9.83. The molecule has 5 heteroatoms. The number of halogens is 1. The highest BCUT2D eigenvalue weighted by molar-refractivity contribution is 7.21. The molecule has 2 unspecified atom stereocenters. The SMILES string of the molecule is CCC1CCNC2(CC2)C1NC(=O)c1cc2ccc(C)c(Cl)c2s1. The number of carbonyl (C=O) groups is 1. The average Bonchev–Trinajstić information content (AvgIpc) is 3.20. The number of benzene rings is 1. The van der Waals surface area contributed by atoms with Crippen molar-refractivity contribution in [1.29, 1.82) is 0 Å². The lowest BCUT2D eigenvalue weighted by molar-refractivity contribution is 0.0879. The molecule has 0 radical (unpaired) electrons. The van der Waals surface area contributed by atoms with Gasteiger partial charge in [-0.2, -0.15) is 0 Å². The van der Waals surface area contributed by atoms with Gasteiger partial charge in [-0.05, 0) is 55.7 Å². The molecule has 1 amide bonds.